The monoisotopic (exact) mass is 210 g/mol. The van der Waals surface area contributed by atoms with Crippen molar-refractivity contribution in [2.45, 2.75) is 52.1 Å². The summed E-state index contributed by atoms with van der Waals surface area (Å²) in [7, 11) is 0. The molecule has 2 atom stereocenters. The summed E-state index contributed by atoms with van der Waals surface area (Å²) < 4.78 is 0. The SMILES string of the molecule is C=C(CNCC)CN1C(C)CCCC1C. The molecular formula is C13H26N2. The maximum Gasteiger partial charge on any atom is 0.0208 e. The van der Waals surface area contributed by atoms with Gasteiger partial charge in [-0.1, -0.05) is 19.9 Å². The van der Waals surface area contributed by atoms with E-state index in [2.05, 4.69) is 37.6 Å². The number of hydrogen-bond acceptors (Lipinski definition) is 2. The molecule has 0 amide bonds. The zero-order valence-electron chi connectivity index (χ0n) is 10.6. The van der Waals surface area contributed by atoms with Gasteiger partial charge in [-0.2, -0.15) is 0 Å². The molecule has 1 rings (SSSR count). The fraction of sp³-hybridized carbons (Fsp3) is 0.846. The summed E-state index contributed by atoms with van der Waals surface area (Å²) in [5, 5.41) is 3.34. The molecule has 0 aromatic heterocycles. The lowest BCUT2D eigenvalue weighted by Crippen LogP contribution is -2.45. The van der Waals surface area contributed by atoms with E-state index in [1.165, 1.54) is 24.8 Å². The summed E-state index contributed by atoms with van der Waals surface area (Å²) >= 11 is 0. The van der Waals surface area contributed by atoms with Crippen molar-refractivity contribution in [3.8, 4) is 0 Å². The number of rotatable bonds is 5. The molecule has 0 aliphatic carbocycles. The van der Waals surface area contributed by atoms with Crippen LogP contribution >= 0.6 is 0 Å². The first-order chi connectivity index (χ1) is 7.15. The van der Waals surface area contributed by atoms with E-state index in [0.717, 1.165) is 31.7 Å². The van der Waals surface area contributed by atoms with Crippen LogP contribution in [0.5, 0.6) is 0 Å². The molecule has 15 heavy (non-hydrogen) atoms. The summed E-state index contributed by atoms with van der Waals surface area (Å²) in [4.78, 5) is 2.60. The second-order valence-corrected chi connectivity index (χ2v) is 4.83. The van der Waals surface area contributed by atoms with Crippen LogP contribution < -0.4 is 5.32 Å². The van der Waals surface area contributed by atoms with Crippen molar-refractivity contribution >= 4 is 0 Å². The van der Waals surface area contributed by atoms with Gasteiger partial charge in [0.15, 0.2) is 0 Å². The fourth-order valence-corrected chi connectivity index (χ4v) is 2.40. The normalized spacial score (nSPS) is 27.9. The van der Waals surface area contributed by atoms with Gasteiger partial charge < -0.3 is 5.32 Å². The third kappa shape index (κ3) is 3.96. The Morgan fingerprint density at radius 3 is 2.47 bits per heavy atom. The van der Waals surface area contributed by atoms with Gasteiger partial charge in [-0.3, -0.25) is 4.90 Å². The van der Waals surface area contributed by atoms with Crippen LogP contribution in [0.25, 0.3) is 0 Å². The first-order valence-electron chi connectivity index (χ1n) is 6.28. The van der Waals surface area contributed by atoms with Crippen LogP contribution in [0.4, 0.5) is 0 Å². The molecule has 0 aromatic carbocycles. The largest absolute Gasteiger partial charge is 0.313 e. The molecule has 1 fully saturated rings. The summed E-state index contributed by atoms with van der Waals surface area (Å²) in [5.41, 5.74) is 1.32. The highest BCUT2D eigenvalue weighted by Crippen LogP contribution is 2.22. The number of nitrogens with zero attached hydrogens (tertiary/aromatic N) is 1. The van der Waals surface area contributed by atoms with Crippen LogP contribution in [-0.4, -0.2) is 36.6 Å². The van der Waals surface area contributed by atoms with Crippen molar-refractivity contribution in [1.82, 2.24) is 10.2 Å². The average molecular weight is 210 g/mol. The Labute approximate surface area is 94.7 Å². The highest BCUT2D eigenvalue weighted by molar-refractivity contribution is 5.01. The number of likely N-dealkylation sites (tertiary alicyclic amines) is 1. The third-order valence-electron chi connectivity index (χ3n) is 3.41. The molecular weight excluding hydrogens is 184 g/mol. The standard InChI is InChI=1S/C13H26N2/c1-5-14-9-11(2)10-15-12(3)7-6-8-13(15)4/h12-14H,2,5-10H2,1,3-4H3. The Hall–Kier alpha value is -0.340. The van der Waals surface area contributed by atoms with E-state index in [9.17, 15) is 0 Å². The molecule has 1 saturated heterocycles. The Balaban J connectivity index is 2.37. The predicted molar refractivity (Wildman–Crippen MR) is 67.2 cm³/mol. The van der Waals surface area contributed by atoms with Crippen molar-refractivity contribution in [2.24, 2.45) is 0 Å². The highest BCUT2D eigenvalue weighted by atomic mass is 15.2. The molecule has 1 heterocycles. The van der Waals surface area contributed by atoms with E-state index in [4.69, 9.17) is 0 Å². The van der Waals surface area contributed by atoms with Crippen LogP contribution in [-0.2, 0) is 0 Å². The van der Waals surface area contributed by atoms with Gasteiger partial charge in [0.2, 0.25) is 0 Å². The number of hydrogen-bond donors (Lipinski definition) is 1. The maximum atomic E-state index is 4.15. The second-order valence-electron chi connectivity index (χ2n) is 4.83. The third-order valence-corrected chi connectivity index (χ3v) is 3.41. The first kappa shape index (κ1) is 12.7. The van der Waals surface area contributed by atoms with E-state index >= 15 is 0 Å². The molecule has 0 aromatic rings. The summed E-state index contributed by atoms with van der Waals surface area (Å²) in [5.74, 6) is 0. The van der Waals surface area contributed by atoms with E-state index < -0.39 is 0 Å². The Kier molecular flexibility index (Phi) is 5.34. The minimum Gasteiger partial charge on any atom is -0.313 e. The molecule has 0 radical (unpaired) electrons. The summed E-state index contributed by atoms with van der Waals surface area (Å²) in [6.07, 6.45) is 4.08. The molecule has 2 heteroatoms. The van der Waals surface area contributed by atoms with E-state index in [-0.39, 0.29) is 0 Å². The molecule has 1 aliphatic heterocycles. The van der Waals surface area contributed by atoms with Gasteiger partial charge in [0, 0.05) is 25.2 Å². The van der Waals surface area contributed by atoms with Gasteiger partial charge >= 0.3 is 0 Å². The van der Waals surface area contributed by atoms with Gasteiger partial charge in [0.05, 0.1) is 0 Å². The van der Waals surface area contributed by atoms with Gasteiger partial charge in [-0.25, -0.2) is 0 Å². The average Bonchev–Trinajstić information content (AvgIpc) is 2.21. The van der Waals surface area contributed by atoms with Crippen LogP contribution in [0.1, 0.15) is 40.0 Å². The van der Waals surface area contributed by atoms with Crippen LogP contribution in [0.15, 0.2) is 12.2 Å². The molecule has 2 nitrogen and oxygen atoms in total. The van der Waals surface area contributed by atoms with Crippen molar-refractivity contribution < 1.29 is 0 Å². The zero-order valence-corrected chi connectivity index (χ0v) is 10.6. The maximum absolute atomic E-state index is 4.15. The molecule has 88 valence electrons. The van der Waals surface area contributed by atoms with Gasteiger partial charge in [-0.15, -0.1) is 0 Å². The topological polar surface area (TPSA) is 15.3 Å². The molecule has 0 saturated carbocycles. The van der Waals surface area contributed by atoms with E-state index in [1.807, 2.05) is 0 Å². The lowest BCUT2D eigenvalue weighted by molar-refractivity contribution is 0.115. The second kappa shape index (κ2) is 6.29. The minimum absolute atomic E-state index is 0.729. The fourth-order valence-electron chi connectivity index (χ4n) is 2.40. The Bertz CT molecular complexity index is 191. The van der Waals surface area contributed by atoms with Gasteiger partial charge in [0.25, 0.3) is 0 Å². The molecule has 0 spiro atoms. The van der Waals surface area contributed by atoms with Crippen molar-refractivity contribution in [1.29, 1.82) is 0 Å². The smallest absolute Gasteiger partial charge is 0.0208 e. The van der Waals surface area contributed by atoms with E-state index in [1.54, 1.807) is 0 Å². The van der Waals surface area contributed by atoms with Crippen LogP contribution in [0, 0.1) is 0 Å². The predicted octanol–water partition coefficient (Wildman–Crippen LogP) is 2.42. The van der Waals surface area contributed by atoms with Crippen molar-refractivity contribution in [3.05, 3.63) is 12.2 Å². The number of likely N-dealkylation sites (N-methyl/N-ethyl adjacent to an activating group) is 1. The lowest BCUT2D eigenvalue weighted by atomic mass is 9.97. The van der Waals surface area contributed by atoms with E-state index in [0.29, 0.717) is 0 Å². The van der Waals surface area contributed by atoms with Crippen molar-refractivity contribution in [3.63, 3.8) is 0 Å². The van der Waals surface area contributed by atoms with Crippen LogP contribution in [0.2, 0.25) is 0 Å². The minimum atomic E-state index is 0.729. The Morgan fingerprint density at radius 2 is 1.93 bits per heavy atom. The van der Waals surface area contributed by atoms with Gasteiger partial charge in [0.1, 0.15) is 0 Å². The van der Waals surface area contributed by atoms with Gasteiger partial charge in [-0.05, 0) is 38.8 Å². The van der Waals surface area contributed by atoms with Crippen LogP contribution in [0.3, 0.4) is 0 Å². The molecule has 1 aliphatic rings. The first-order valence-corrected chi connectivity index (χ1v) is 6.28. The number of nitrogens with one attached hydrogen (secondary N) is 1. The Morgan fingerprint density at radius 1 is 1.33 bits per heavy atom. The quantitative estimate of drug-likeness (QED) is 0.701. The summed E-state index contributed by atoms with van der Waals surface area (Å²) in [6.45, 7) is 14.0. The lowest BCUT2D eigenvalue weighted by Gasteiger charge is -2.39. The number of piperidine rings is 1. The molecule has 2 unspecified atom stereocenters. The van der Waals surface area contributed by atoms with Crippen molar-refractivity contribution in [2.75, 3.05) is 19.6 Å². The summed E-state index contributed by atoms with van der Waals surface area (Å²) in [6, 6.07) is 1.46. The molecule has 0 bridgehead atoms. The molecule has 1 N–H and O–H groups in total. The highest BCUT2D eigenvalue weighted by Gasteiger charge is 2.24. The zero-order chi connectivity index (χ0) is 11.3.